The minimum absolute atomic E-state index is 0.0601. The maximum Gasteiger partial charge on any atom is 0.304 e. The maximum absolute atomic E-state index is 13.1. The van der Waals surface area contributed by atoms with Crippen molar-refractivity contribution in [3.8, 4) is 5.69 Å². The van der Waals surface area contributed by atoms with Gasteiger partial charge in [0.1, 0.15) is 5.82 Å². The molecule has 23 heavy (non-hydrogen) atoms. The Morgan fingerprint density at radius 1 is 1.22 bits per heavy atom. The fourth-order valence-electron chi connectivity index (χ4n) is 2.72. The zero-order valence-electron chi connectivity index (χ0n) is 13.0. The van der Waals surface area contributed by atoms with Crippen LogP contribution in [0.1, 0.15) is 25.8 Å². The van der Waals surface area contributed by atoms with Gasteiger partial charge in [0.25, 0.3) is 0 Å². The highest BCUT2D eigenvalue weighted by Crippen LogP contribution is 2.30. The third kappa shape index (κ3) is 2.95. The van der Waals surface area contributed by atoms with Gasteiger partial charge in [0.05, 0.1) is 23.8 Å². The second-order valence-corrected chi connectivity index (χ2v) is 6.26. The van der Waals surface area contributed by atoms with Crippen molar-refractivity contribution >= 4 is 16.9 Å². The first kappa shape index (κ1) is 15.2. The van der Waals surface area contributed by atoms with E-state index in [9.17, 15) is 9.18 Å². The van der Waals surface area contributed by atoms with E-state index in [0.29, 0.717) is 0 Å². The first-order valence-electron chi connectivity index (χ1n) is 7.33. The molecule has 1 heterocycles. The van der Waals surface area contributed by atoms with E-state index in [1.54, 1.807) is 23.0 Å². The SMILES string of the molecule is CC(C)(CC(=O)O)c1ccc2c(cnn2-c2ccc(F)cc2)c1. The number of fused-ring (bicyclic) bond motifs is 1. The van der Waals surface area contributed by atoms with Crippen molar-refractivity contribution in [2.45, 2.75) is 25.7 Å². The molecule has 0 atom stereocenters. The molecule has 0 aliphatic heterocycles. The van der Waals surface area contributed by atoms with E-state index in [2.05, 4.69) is 5.10 Å². The highest BCUT2D eigenvalue weighted by molar-refractivity contribution is 5.81. The number of aromatic nitrogens is 2. The van der Waals surface area contributed by atoms with Gasteiger partial charge in [-0.25, -0.2) is 9.07 Å². The Morgan fingerprint density at radius 3 is 2.57 bits per heavy atom. The Balaban J connectivity index is 2.03. The van der Waals surface area contributed by atoms with Crippen LogP contribution in [0.4, 0.5) is 4.39 Å². The van der Waals surface area contributed by atoms with E-state index in [4.69, 9.17) is 5.11 Å². The monoisotopic (exact) mass is 312 g/mol. The molecule has 0 unspecified atom stereocenters. The maximum atomic E-state index is 13.1. The molecule has 0 fully saturated rings. The Labute approximate surface area is 133 Å². The summed E-state index contributed by atoms with van der Waals surface area (Å²) in [6.07, 6.45) is 1.80. The number of hydrogen-bond donors (Lipinski definition) is 1. The quantitative estimate of drug-likeness (QED) is 0.794. The predicted molar refractivity (Wildman–Crippen MR) is 86.3 cm³/mol. The van der Waals surface area contributed by atoms with Crippen LogP contribution in [0.25, 0.3) is 16.6 Å². The lowest BCUT2D eigenvalue weighted by atomic mass is 9.81. The second kappa shape index (κ2) is 5.50. The molecule has 0 saturated heterocycles. The number of carboxylic acid groups (broad SMARTS) is 1. The molecule has 0 amide bonds. The van der Waals surface area contributed by atoms with Gasteiger partial charge in [-0.05, 0) is 42.0 Å². The van der Waals surface area contributed by atoms with Crippen LogP contribution in [0.15, 0.2) is 48.7 Å². The van der Waals surface area contributed by atoms with Gasteiger partial charge in [-0.2, -0.15) is 5.10 Å². The second-order valence-electron chi connectivity index (χ2n) is 6.26. The van der Waals surface area contributed by atoms with Gasteiger partial charge in [0.15, 0.2) is 0 Å². The molecule has 0 spiro atoms. The first-order valence-corrected chi connectivity index (χ1v) is 7.33. The minimum atomic E-state index is -0.822. The molecule has 4 nitrogen and oxygen atoms in total. The molecule has 118 valence electrons. The molecule has 5 heteroatoms. The third-order valence-electron chi connectivity index (χ3n) is 4.01. The van der Waals surface area contributed by atoms with Crippen LogP contribution in [0, 0.1) is 5.82 Å². The summed E-state index contributed by atoms with van der Waals surface area (Å²) in [5.74, 6) is -1.11. The Bertz CT molecular complexity index is 866. The van der Waals surface area contributed by atoms with Crippen LogP contribution in [0.5, 0.6) is 0 Å². The lowest BCUT2D eigenvalue weighted by Gasteiger charge is -2.23. The molecule has 0 aliphatic rings. The molecule has 0 bridgehead atoms. The molecule has 0 radical (unpaired) electrons. The van der Waals surface area contributed by atoms with E-state index in [0.717, 1.165) is 22.2 Å². The van der Waals surface area contributed by atoms with Crippen molar-refractivity contribution in [2.75, 3.05) is 0 Å². The van der Waals surface area contributed by atoms with Crippen molar-refractivity contribution in [3.05, 3.63) is 60.0 Å². The van der Waals surface area contributed by atoms with Crippen LogP contribution in [-0.2, 0) is 10.2 Å². The van der Waals surface area contributed by atoms with E-state index >= 15 is 0 Å². The lowest BCUT2D eigenvalue weighted by molar-refractivity contribution is -0.138. The van der Waals surface area contributed by atoms with Gasteiger partial charge < -0.3 is 5.11 Å². The summed E-state index contributed by atoms with van der Waals surface area (Å²) >= 11 is 0. The van der Waals surface area contributed by atoms with E-state index in [1.165, 1.54) is 12.1 Å². The highest BCUT2D eigenvalue weighted by atomic mass is 19.1. The van der Waals surface area contributed by atoms with Gasteiger partial charge in [0, 0.05) is 10.8 Å². The van der Waals surface area contributed by atoms with E-state index in [-0.39, 0.29) is 12.2 Å². The van der Waals surface area contributed by atoms with Gasteiger partial charge in [0.2, 0.25) is 0 Å². The predicted octanol–water partition coefficient (Wildman–Crippen LogP) is 3.92. The normalized spacial score (nSPS) is 11.8. The average molecular weight is 312 g/mol. The molecule has 3 rings (SSSR count). The van der Waals surface area contributed by atoms with Crippen LogP contribution < -0.4 is 0 Å². The molecule has 0 aliphatic carbocycles. The summed E-state index contributed by atoms with van der Waals surface area (Å²) in [6.45, 7) is 3.82. The van der Waals surface area contributed by atoms with Crippen molar-refractivity contribution < 1.29 is 14.3 Å². The zero-order valence-corrected chi connectivity index (χ0v) is 13.0. The summed E-state index contributed by atoms with van der Waals surface area (Å²) in [4.78, 5) is 11.0. The molecule has 3 aromatic rings. The number of rotatable bonds is 4. The largest absolute Gasteiger partial charge is 0.481 e. The number of aliphatic carboxylic acids is 1. The van der Waals surface area contributed by atoms with Gasteiger partial charge in [-0.15, -0.1) is 0 Å². The molecular weight excluding hydrogens is 295 g/mol. The van der Waals surface area contributed by atoms with E-state index < -0.39 is 11.4 Å². The standard InChI is InChI=1S/C18H17FN2O2/c1-18(2,10-17(22)23)13-3-8-16-12(9-13)11-20-21(16)15-6-4-14(19)5-7-15/h3-9,11H,10H2,1-2H3,(H,22,23). The topological polar surface area (TPSA) is 55.1 Å². The average Bonchev–Trinajstić information content (AvgIpc) is 2.90. The van der Waals surface area contributed by atoms with Crippen LogP contribution in [0.2, 0.25) is 0 Å². The minimum Gasteiger partial charge on any atom is -0.481 e. The third-order valence-corrected chi connectivity index (χ3v) is 4.01. The lowest BCUT2D eigenvalue weighted by Crippen LogP contribution is -2.21. The fourth-order valence-corrected chi connectivity index (χ4v) is 2.72. The van der Waals surface area contributed by atoms with Crippen LogP contribution in [0.3, 0.4) is 0 Å². The highest BCUT2D eigenvalue weighted by Gasteiger charge is 2.24. The van der Waals surface area contributed by atoms with Gasteiger partial charge >= 0.3 is 5.97 Å². The number of halogens is 1. The molecule has 1 N–H and O–H groups in total. The molecule has 2 aromatic carbocycles. The van der Waals surface area contributed by atoms with Crippen LogP contribution >= 0.6 is 0 Å². The number of hydrogen-bond acceptors (Lipinski definition) is 2. The smallest absolute Gasteiger partial charge is 0.304 e. The van der Waals surface area contributed by atoms with Crippen molar-refractivity contribution in [2.24, 2.45) is 0 Å². The fraction of sp³-hybridized carbons (Fsp3) is 0.222. The number of carbonyl (C=O) groups is 1. The summed E-state index contributed by atoms with van der Waals surface area (Å²) in [5, 5.41) is 14.3. The summed E-state index contributed by atoms with van der Waals surface area (Å²) in [5.41, 5.74) is 2.16. The number of nitrogens with zero attached hydrogens (tertiary/aromatic N) is 2. The number of carboxylic acids is 1. The molecule has 1 aromatic heterocycles. The summed E-state index contributed by atoms with van der Waals surface area (Å²) in [7, 11) is 0. The van der Waals surface area contributed by atoms with Crippen molar-refractivity contribution in [3.63, 3.8) is 0 Å². The van der Waals surface area contributed by atoms with Crippen LogP contribution in [-0.4, -0.2) is 20.9 Å². The Morgan fingerprint density at radius 2 is 1.91 bits per heavy atom. The molecular formula is C18H17FN2O2. The van der Waals surface area contributed by atoms with Gasteiger partial charge in [-0.1, -0.05) is 19.9 Å². The first-order chi connectivity index (χ1) is 10.9. The Kier molecular flexibility index (Phi) is 3.64. The zero-order chi connectivity index (χ0) is 16.6. The Hall–Kier alpha value is -2.69. The number of benzene rings is 2. The summed E-state index contributed by atoms with van der Waals surface area (Å²) < 4.78 is 14.8. The molecule has 0 saturated carbocycles. The van der Waals surface area contributed by atoms with Crippen molar-refractivity contribution in [1.82, 2.24) is 9.78 Å². The van der Waals surface area contributed by atoms with E-state index in [1.807, 2.05) is 32.0 Å². The van der Waals surface area contributed by atoms with Gasteiger partial charge in [-0.3, -0.25) is 4.79 Å². The summed E-state index contributed by atoms with van der Waals surface area (Å²) in [6, 6.07) is 11.9. The van der Waals surface area contributed by atoms with Crippen molar-refractivity contribution in [1.29, 1.82) is 0 Å².